The molecule has 4 saturated carbocycles. The van der Waals surface area contributed by atoms with Gasteiger partial charge in [-0.15, -0.1) is 0 Å². The second-order valence-corrected chi connectivity index (χ2v) is 13.5. The first-order chi connectivity index (χ1) is 14.6. The van der Waals surface area contributed by atoms with Crippen LogP contribution in [0.5, 0.6) is 0 Å². The van der Waals surface area contributed by atoms with Crippen molar-refractivity contribution in [1.29, 1.82) is 0 Å². The lowest BCUT2D eigenvalue weighted by molar-refractivity contribution is -0.152. The van der Waals surface area contributed by atoms with Gasteiger partial charge in [0.05, 0.1) is 11.7 Å². The lowest BCUT2D eigenvalue weighted by atomic mass is 9.45. The van der Waals surface area contributed by atoms with E-state index in [0.717, 1.165) is 30.6 Å². The van der Waals surface area contributed by atoms with E-state index in [1.165, 1.54) is 64.2 Å². The molecule has 1 spiro atoms. The molecule has 0 amide bonds. The summed E-state index contributed by atoms with van der Waals surface area (Å²) in [6.07, 6.45) is 16.7. The van der Waals surface area contributed by atoms with E-state index in [2.05, 4.69) is 40.7 Å². The fourth-order valence-electron chi connectivity index (χ4n) is 9.75. The summed E-state index contributed by atoms with van der Waals surface area (Å²) >= 11 is 0. The Morgan fingerprint density at radius 1 is 0.935 bits per heavy atom. The van der Waals surface area contributed by atoms with Crippen LogP contribution in [0, 0.1) is 45.8 Å². The molecule has 4 fully saturated rings. The number of allylic oxidation sites excluding steroid dienone is 1. The number of hydrogen-bond donors (Lipinski definition) is 2. The maximum absolute atomic E-state index is 12.1. The second kappa shape index (κ2) is 7.33. The molecule has 5 aliphatic carbocycles. The number of aliphatic hydroxyl groups excluding tert-OH is 1. The van der Waals surface area contributed by atoms with Crippen molar-refractivity contribution in [3.63, 3.8) is 0 Å². The molecule has 2 nitrogen and oxygen atoms in total. The van der Waals surface area contributed by atoms with Gasteiger partial charge in [-0.2, -0.15) is 0 Å². The van der Waals surface area contributed by atoms with Crippen LogP contribution in [0.1, 0.15) is 112 Å². The van der Waals surface area contributed by atoms with Crippen LogP contribution in [0.3, 0.4) is 0 Å². The summed E-state index contributed by atoms with van der Waals surface area (Å²) < 4.78 is 0. The molecule has 0 aromatic carbocycles. The van der Waals surface area contributed by atoms with Crippen LogP contribution in [0.25, 0.3) is 0 Å². The van der Waals surface area contributed by atoms with Gasteiger partial charge in [0.15, 0.2) is 0 Å². The molecule has 0 heterocycles. The summed E-state index contributed by atoms with van der Waals surface area (Å²) in [7, 11) is 0. The zero-order chi connectivity index (χ0) is 22.2. The smallest absolute Gasteiger partial charge is 0.0729 e. The van der Waals surface area contributed by atoms with Gasteiger partial charge in [0.2, 0.25) is 0 Å². The molecule has 0 aromatic heterocycles. The van der Waals surface area contributed by atoms with Gasteiger partial charge in [-0.05, 0) is 105 Å². The molecule has 2 heteroatoms. The molecule has 5 rings (SSSR count). The molecule has 8 atom stereocenters. The van der Waals surface area contributed by atoms with Gasteiger partial charge in [-0.3, -0.25) is 0 Å². The number of rotatable bonds is 5. The van der Waals surface area contributed by atoms with Crippen LogP contribution in [0.15, 0.2) is 11.6 Å². The maximum Gasteiger partial charge on any atom is 0.0729 e. The summed E-state index contributed by atoms with van der Waals surface area (Å²) in [5, 5.41) is 22.9. The van der Waals surface area contributed by atoms with Crippen molar-refractivity contribution in [3.05, 3.63) is 11.6 Å². The van der Waals surface area contributed by atoms with E-state index in [0.29, 0.717) is 17.3 Å². The number of fused-ring (bicyclic) bond motifs is 6. The van der Waals surface area contributed by atoms with Crippen molar-refractivity contribution in [2.45, 2.75) is 123 Å². The zero-order valence-electron chi connectivity index (χ0n) is 20.9. The van der Waals surface area contributed by atoms with Crippen molar-refractivity contribution in [1.82, 2.24) is 0 Å². The average Bonchev–Trinajstić information content (AvgIpc) is 3.45. The Kier molecular flexibility index (Phi) is 5.31. The average molecular weight is 429 g/mol. The van der Waals surface area contributed by atoms with Crippen LogP contribution < -0.4 is 0 Å². The Hall–Kier alpha value is -0.340. The fraction of sp³-hybridized carbons (Fsp3) is 0.931. The van der Waals surface area contributed by atoms with Crippen LogP contribution in [-0.4, -0.2) is 21.9 Å². The van der Waals surface area contributed by atoms with Crippen LogP contribution in [0.4, 0.5) is 0 Å². The molecule has 0 saturated heterocycles. The molecule has 176 valence electrons. The van der Waals surface area contributed by atoms with Crippen molar-refractivity contribution in [3.8, 4) is 0 Å². The highest BCUT2D eigenvalue weighted by atomic mass is 16.3. The van der Waals surface area contributed by atoms with Crippen molar-refractivity contribution >= 4 is 0 Å². The van der Waals surface area contributed by atoms with E-state index in [-0.39, 0.29) is 16.9 Å². The molecule has 31 heavy (non-hydrogen) atoms. The summed E-state index contributed by atoms with van der Waals surface area (Å²) in [6, 6.07) is 0. The van der Waals surface area contributed by atoms with Gasteiger partial charge in [-0.1, -0.05) is 59.1 Å². The first-order valence-corrected chi connectivity index (χ1v) is 13.7. The van der Waals surface area contributed by atoms with Gasteiger partial charge >= 0.3 is 0 Å². The third-order valence-electron chi connectivity index (χ3n) is 11.8. The minimum absolute atomic E-state index is 0.0819. The van der Waals surface area contributed by atoms with Gasteiger partial charge in [-0.25, -0.2) is 0 Å². The summed E-state index contributed by atoms with van der Waals surface area (Å²) in [4.78, 5) is 0. The SMILES string of the molecule is CC(C)CCC[C@@H](C)[C@]1(O)CC[C@H]2[C@@H]3CC=C4C5(CC5)[C@@H](O)CC[C@]4(C)[C@H]3CC[C@@]21C. The third-order valence-corrected chi connectivity index (χ3v) is 11.8. The van der Waals surface area contributed by atoms with E-state index in [4.69, 9.17) is 0 Å². The highest BCUT2D eigenvalue weighted by Gasteiger charge is 2.67. The monoisotopic (exact) mass is 428 g/mol. The minimum atomic E-state index is -0.481. The van der Waals surface area contributed by atoms with E-state index in [9.17, 15) is 10.2 Å². The largest absolute Gasteiger partial charge is 0.392 e. The highest BCUT2D eigenvalue weighted by molar-refractivity contribution is 5.37. The molecule has 0 unspecified atom stereocenters. The van der Waals surface area contributed by atoms with E-state index < -0.39 is 5.60 Å². The first kappa shape index (κ1) is 22.5. The summed E-state index contributed by atoms with van der Waals surface area (Å²) in [5.74, 6) is 3.32. The summed E-state index contributed by atoms with van der Waals surface area (Å²) in [5.41, 5.74) is 1.70. The molecule has 0 radical (unpaired) electrons. The highest BCUT2D eigenvalue weighted by Crippen LogP contribution is 2.73. The third kappa shape index (κ3) is 3.02. The minimum Gasteiger partial charge on any atom is -0.392 e. The molecule has 0 bridgehead atoms. The normalized spacial score (nSPS) is 48.7. The van der Waals surface area contributed by atoms with E-state index in [1.807, 2.05) is 0 Å². The van der Waals surface area contributed by atoms with Crippen molar-refractivity contribution in [2.75, 3.05) is 0 Å². The topological polar surface area (TPSA) is 40.5 Å². The Morgan fingerprint density at radius 3 is 2.32 bits per heavy atom. The van der Waals surface area contributed by atoms with Crippen LogP contribution in [0.2, 0.25) is 0 Å². The predicted octanol–water partition coefficient (Wildman–Crippen LogP) is 6.89. The van der Waals surface area contributed by atoms with Gasteiger partial charge in [0, 0.05) is 5.41 Å². The van der Waals surface area contributed by atoms with E-state index in [1.54, 1.807) is 5.57 Å². The van der Waals surface area contributed by atoms with Crippen molar-refractivity contribution < 1.29 is 10.2 Å². The van der Waals surface area contributed by atoms with Gasteiger partial charge < -0.3 is 10.2 Å². The summed E-state index contributed by atoms with van der Waals surface area (Å²) in [6.45, 7) is 12.0. The van der Waals surface area contributed by atoms with Crippen LogP contribution in [-0.2, 0) is 0 Å². The van der Waals surface area contributed by atoms with E-state index >= 15 is 0 Å². The zero-order valence-corrected chi connectivity index (χ0v) is 20.9. The Morgan fingerprint density at radius 2 is 1.65 bits per heavy atom. The number of hydrogen-bond acceptors (Lipinski definition) is 2. The van der Waals surface area contributed by atoms with Gasteiger partial charge in [0.25, 0.3) is 0 Å². The standard InChI is InChI=1S/C29H48O2/c1-19(2)7-6-8-20(3)29(31)16-12-23-21-9-10-24-26(4,22(21)11-15-27(23,29)5)14-13-25(30)28(24)17-18-28/h10,19-23,25,30-31H,6-9,11-18H2,1-5H3/t20-,21-,22+,23+,25+,26-,27+,29-/m1/s1. The number of aliphatic hydroxyl groups is 2. The fourth-order valence-corrected chi connectivity index (χ4v) is 9.75. The second-order valence-electron chi connectivity index (χ2n) is 13.5. The van der Waals surface area contributed by atoms with Crippen molar-refractivity contribution in [2.24, 2.45) is 45.8 Å². The Labute approximate surface area is 191 Å². The molecular weight excluding hydrogens is 380 g/mol. The molecule has 5 aliphatic rings. The molecule has 0 aliphatic heterocycles. The van der Waals surface area contributed by atoms with Gasteiger partial charge in [0.1, 0.15) is 0 Å². The predicted molar refractivity (Wildman–Crippen MR) is 128 cm³/mol. The lowest BCUT2D eigenvalue weighted by Crippen LogP contribution is -2.57. The Bertz CT molecular complexity index is 735. The lowest BCUT2D eigenvalue weighted by Gasteiger charge is -2.61. The quantitative estimate of drug-likeness (QED) is 0.468. The molecule has 2 N–H and O–H groups in total. The Balaban J connectivity index is 1.39. The molecule has 0 aromatic rings. The first-order valence-electron chi connectivity index (χ1n) is 13.7. The maximum atomic E-state index is 12.1. The molecular formula is C29H48O2. The van der Waals surface area contributed by atoms with Crippen LogP contribution >= 0.6 is 0 Å².